The number of halogens is 1. The zero-order valence-corrected chi connectivity index (χ0v) is 17.5. The zero-order valence-electron chi connectivity index (χ0n) is 16.7. The Kier molecular flexibility index (Phi) is 6.86. The van der Waals surface area contributed by atoms with Crippen LogP contribution in [0.2, 0.25) is 5.02 Å². The lowest BCUT2D eigenvalue weighted by atomic mass is 10.0. The molecule has 0 aliphatic carbocycles. The Morgan fingerprint density at radius 2 is 2.13 bits per heavy atom. The van der Waals surface area contributed by atoms with Gasteiger partial charge < -0.3 is 20.9 Å². The third kappa shape index (κ3) is 4.87. The SMILES string of the molecule is CN(C(=[N-])c1cccnc1)C(=N)N1CCCC[C@@H]1/C(N)=N/N(N)c1cccc(Cl)c1. The number of amidine groups is 2. The van der Waals surface area contributed by atoms with Gasteiger partial charge in [0.1, 0.15) is 11.8 Å². The molecule has 0 spiro atoms. The lowest BCUT2D eigenvalue weighted by molar-refractivity contribution is 0.274. The monoisotopic (exact) mass is 426 g/mol. The number of aromatic nitrogens is 1. The molecule has 1 fully saturated rings. The molecule has 1 saturated heterocycles. The van der Waals surface area contributed by atoms with Crippen molar-refractivity contribution in [1.82, 2.24) is 14.8 Å². The topological polar surface area (TPSA) is 133 Å². The van der Waals surface area contributed by atoms with E-state index in [1.165, 1.54) is 10.0 Å². The first-order valence-corrected chi connectivity index (χ1v) is 9.96. The number of hydrogen-bond acceptors (Lipinski definition) is 5. The summed E-state index contributed by atoms with van der Waals surface area (Å²) in [4.78, 5) is 7.23. The lowest BCUT2D eigenvalue weighted by Gasteiger charge is -2.44. The van der Waals surface area contributed by atoms with Crippen LogP contribution in [0.1, 0.15) is 24.8 Å². The predicted octanol–water partition coefficient (Wildman–Crippen LogP) is 2.42. The fourth-order valence-corrected chi connectivity index (χ4v) is 3.53. The molecule has 0 amide bonds. The quantitative estimate of drug-likeness (QED) is 0.297. The molecule has 1 atom stereocenters. The summed E-state index contributed by atoms with van der Waals surface area (Å²) >= 11 is 6.02. The molecule has 1 aliphatic heterocycles. The lowest BCUT2D eigenvalue weighted by Crippen LogP contribution is -2.56. The van der Waals surface area contributed by atoms with E-state index in [0.29, 0.717) is 22.8 Å². The fraction of sp³-hybridized carbons (Fsp3) is 0.300. The number of nitrogens with one attached hydrogen (secondary N) is 1. The van der Waals surface area contributed by atoms with Crippen LogP contribution >= 0.6 is 11.6 Å². The van der Waals surface area contributed by atoms with Gasteiger partial charge in [-0.1, -0.05) is 36.6 Å². The van der Waals surface area contributed by atoms with E-state index in [2.05, 4.69) is 10.1 Å². The average molecular weight is 427 g/mol. The Labute approximate surface area is 180 Å². The maximum Gasteiger partial charge on any atom is 0.144 e. The summed E-state index contributed by atoms with van der Waals surface area (Å²) in [7, 11) is 1.63. The van der Waals surface area contributed by atoms with Crippen LogP contribution in [-0.4, -0.2) is 52.0 Å². The number of hydrogen-bond donors (Lipinski definition) is 3. The van der Waals surface area contributed by atoms with Crippen molar-refractivity contribution in [3.63, 3.8) is 0 Å². The van der Waals surface area contributed by atoms with E-state index < -0.39 is 0 Å². The second-order valence-electron chi connectivity index (χ2n) is 7.00. The highest BCUT2D eigenvalue weighted by molar-refractivity contribution is 6.30. The maximum absolute atomic E-state index is 10.6. The van der Waals surface area contributed by atoms with E-state index in [1.54, 1.807) is 55.8 Å². The van der Waals surface area contributed by atoms with Crippen molar-refractivity contribution in [2.24, 2.45) is 16.7 Å². The number of guanidine groups is 1. The second kappa shape index (κ2) is 9.55. The van der Waals surface area contributed by atoms with E-state index in [9.17, 15) is 5.41 Å². The van der Waals surface area contributed by atoms with Crippen molar-refractivity contribution in [3.8, 4) is 0 Å². The first-order valence-electron chi connectivity index (χ1n) is 9.58. The molecule has 0 bridgehead atoms. The van der Waals surface area contributed by atoms with Crippen LogP contribution in [0.15, 0.2) is 53.9 Å². The highest BCUT2D eigenvalue weighted by Gasteiger charge is 2.28. The van der Waals surface area contributed by atoms with Crippen molar-refractivity contribution in [3.05, 3.63) is 64.8 Å². The van der Waals surface area contributed by atoms with Crippen molar-refractivity contribution < 1.29 is 0 Å². The van der Waals surface area contributed by atoms with Crippen molar-refractivity contribution >= 4 is 34.9 Å². The molecule has 3 rings (SSSR count). The molecule has 2 aromatic rings. The minimum absolute atomic E-state index is 0.0627. The first kappa shape index (κ1) is 21.5. The molecule has 0 radical (unpaired) electrons. The van der Waals surface area contributed by atoms with Crippen LogP contribution in [0.4, 0.5) is 5.69 Å². The number of piperidine rings is 1. The van der Waals surface area contributed by atoms with Gasteiger partial charge in [0.05, 0.1) is 11.7 Å². The highest BCUT2D eigenvalue weighted by atomic mass is 35.5. The summed E-state index contributed by atoms with van der Waals surface area (Å²) < 4.78 is 0. The summed E-state index contributed by atoms with van der Waals surface area (Å²) in [6.07, 6.45) is 5.75. The third-order valence-corrected chi connectivity index (χ3v) is 5.20. The number of nitrogens with two attached hydrogens (primary N) is 2. The Morgan fingerprint density at radius 3 is 2.83 bits per heavy atom. The number of pyridine rings is 1. The van der Waals surface area contributed by atoms with Crippen LogP contribution in [0.5, 0.6) is 0 Å². The molecule has 1 aliphatic rings. The smallest absolute Gasteiger partial charge is 0.144 e. The molecule has 0 unspecified atom stereocenters. The number of hydrazone groups is 1. The number of hydrazine groups is 1. The van der Waals surface area contributed by atoms with E-state index >= 15 is 0 Å². The summed E-state index contributed by atoms with van der Waals surface area (Å²) in [6, 6.07) is 10.1. The van der Waals surface area contributed by atoms with E-state index in [4.69, 9.17) is 28.6 Å². The highest BCUT2D eigenvalue weighted by Crippen LogP contribution is 2.21. The van der Waals surface area contributed by atoms with Crippen LogP contribution in [0.25, 0.3) is 5.41 Å². The number of likely N-dealkylation sites (tertiary alicyclic amines) is 1. The molecule has 10 heteroatoms. The van der Waals surface area contributed by atoms with Gasteiger partial charge in [0.15, 0.2) is 0 Å². The van der Waals surface area contributed by atoms with Gasteiger partial charge in [0.2, 0.25) is 0 Å². The molecule has 9 nitrogen and oxygen atoms in total. The number of rotatable bonds is 4. The van der Waals surface area contributed by atoms with Crippen molar-refractivity contribution in [2.45, 2.75) is 25.3 Å². The Balaban J connectivity index is 1.78. The molecular weight excluding hydrogens is 402 g/mol. The van der Waals surface area contributed by atoms with Crippen molar-refractivity contribution in [2.75, 3.05) is 18.7 Å². The van der Waals surface area contributed by atoms with Gasteiger partial charge >= 0.3 is 0 Å². The minimum Gasteiger partial charge on any atom is -0.464 e. The molecule has 0 saturated carbocycles. The summed E-state index contributed by atoms with van der Waals surface area (Å²) in [6.45, 7) is 0.617. The predicted molar refractivity (Wildman–Crippen MR) is 121 cm³/mol. The largest absolute Gasteiger partial charge is 0.464 e. The maximum atomic E-state index is 10.6. The Morgan fingerprint density at radius 1 is 1.33 bits per heavy atom. The van der Waals surface area contributed by atoms with Gasteiger partial charge in [0.25, 0.3) is 0 Å². The molecule has 2 heterocycles. The normalized spacial score (nSPS) is 16.8. The van der Waals surface area contributed by atoms with Crippen LogP contribution in [-0.2, 0) is 0 Å². The minimum atomic E-state index is -0.319. The van der Waals surface area contributed by atoms with Gasteiger partial charge in [-0.3, -0.25) is 10.4 Å². The average Bonchev–Trinajstić information content (AvgIpc) is 2.78. The summed E-state index contributed by atoms with van der Waals surface area (Å²) in [5.41, 5.74) is 7.42. The van der Waals surface area contributed by atoms with Gasteiger partial charge in [-0.25, -0.2) is 5.84 Å². The number of anilines is 1. The standard InChI is InChI=1S/C20H25ClN9/c1-28(19(23)14-6-5-10-26-13-14)20(24)29-11-3-2-9-17(29)18(22)27-30(25)16-8-4-7-15(21)12-16/h4-8,10,12-13,17,24H,2-3,9,11,25H2,1H3,(H2,22,27)/q-1/t17-/m1/s1. The molecule has 1 aromatic carbocycles. The van der Waals surface area contributed by atoms with Gasteiger partial charge in [-0.15, -0.1) is 5.10 Å². The molecule has 158 valence electrons. The Hall–Kier alpha value is -3.17. The zero-order chi connectivity index (χ0) is 21.7. The van der Waals surface area contributed by atoms with Crippen LogP contribution < -0.4 is 16.7 Å². The van der Waals surface area contributed by atoms with Crippen LogP contribution in [0.3, 0.4) is 0 Å². The Bertz CT molecular complexity index is 931. The van der Waals surface area contributed by atoms with E-state index in [-0.39, 0.29) is 23.7 Å². The number of nitrogens with zero attached hydrogens (tertiary/aromatic N) is 6. The van der Waals surface area contributed by atoms with E-state index in [0.717, 1.165) is 19.3 Å². The second-order valence-corrected chi connectivity index (χ2v) is 7.44. The third-order valence-electron chi connectivity index (χ3n) is 4.97. The van der Waals surface area contributed by atoms with Crippen LogP contribution in [0, 0.1) is 5.41 Å². The van der Waals surface area contributed by atoms with Crippen molar-refractivity contribution in [1.29, 1.82) is 5.41 Å². The number of benzene rings is 1. The fourth-order valence-electron chi connectivity index (χ4n) is 3.34. The van der Waals surface area contributed by atoms with Gasteiger partial charge in [-0.2, -0.15) is 5.12 Å². The molecule has 1 aromatic heterocycles. The van der Waals surface area contributed by atoms with E-state index in [1.807, 2.05) is 4.90 Å². The van der Waals surface area contributed by atoms with Gasteiger partial charge in [0, 0.05) is 24.0 Å². The first-order chi connectivity index (χ1) is 14.4. The molecule has 5 N–H and O–H groups in total. The summed E-state index contributed by atoms with van der Waals surface area (Å²) in [5.74, 6) is 6.39. The molecular formula is C20H25ClN9-. The van der Waals surface area contributed by atoms with Gasteiger partial charge in [-0.05, 0) is 49.1 Å². The molecule has 30 heavy (non-hydrogen) atoms. The summed E-state index contributed by atoms with van der Waals surface area (Å²) in [5, 5.41) is 25.3.